The second-order valence-electron chi connectivity index (χ2n) is 4.35. The van der Waals surface area contributed by atoms with E-state index in [4.69, 9.17) is 10.8 Å². The molecule has 0 spiro atoms. The van der Waals surface area contributed by atoms with Crippen LogP contribution in [0.15, 0.2) is 34.2 Å². The number of para-hydroxylation sites is 1. The monoisotopic (exact) mass is 307 g/mol. The summed E-state index contributed by atoms with van der Waals surface area (Å²) in [5, 5.41) is 9.28. The number of amides is 1. The molecule has 0 aliphatic heterocycles. The molecule has 1 unspecified atom stereocenters. The number of primary amides is 1. The Morgan fingerprint density at radius 3 is 2.71 bits per heavy atom. The summed E-state index contributed by atoms with van der Waals surface area (Å²) < 4.78 is 1.14. The van der Waals surface area contributed by atoms with E-state index in [0.717, 1.165) is 16.3 Å². The van der Waals surface area contributed by atoms with Crippen molar-refractivity contribution in [1.29, 1.82) is 0 Å². The van der Waals surface area contributed by atoms with Crippen molar-refractivity contribution in [1.82, 2.24) is 9.55 Å². The molecule has 0 aliphatic rings. The first kappa shape index (κ1) is 15.0. The number of hydrogen-bond acceptors (Lipinski definition) is 5. The van der Waals surface area contributed by atoms with E-state index >= 15 is 0 Å². The highest BCUT2D eigenvalue weighted by Crippen LogP contribution is 2.20. The predicted molar refractivity (Wildman–Crippen MR) is 78.3 cm³/mol. The third-order valence-corrected chi connectivity index (χ3v) is 3.84. The molecule has 7 nitrogen and oxygen atoms in total. The molecular formula is C13H13N3O4S. The number of carbonyl (C=O) groups excluding carboxylic acids is 1. The summed E-state index contributed by atoms with van der Waals surface area (Å²) in [7, 11) is 0. The topological polar surface area (TPSA) is 115 Å². The van der Waals surface area contributed by atoms with Gasteiger partial charge in [-0.2, -0.15) is 0 Å². The number of hydrogen-bond donors (Lipinski definition) is 2. The van der Waals surface area contributed by atoms with Crippen LogP contribution in [0.2, 0.25) is 0 Å². The summed E-state index contributed by atoms with van der Waals surface area (Å²) in [6.45, 7) is 1.48. The van der Waals surface area contributed by atoms with E-state index in [1.807, 2.05) is 0 Å². The molecule has 0 saturated heterocycles. The molecule has 2 rings (SSSR count). The summed E-state index contributed by atoms with van der Waals surface area (Å²) in [6.07, 6.45) is 0. The molecule has 1 heterocycles. The maximum atomic E-state index is 12.5. The number of nitrogens with zero attached hydrogens (tertiary/aromatic N) is 2. The Morgan fingerprint density at radius 1 is 1.43 bits per heavy atom. The zero-order chi connectivity index (χ0) is 15.6. The van der Waals surface area contributed by atoms with Crippen molar-refractivity contribution in [3.63, 3.8) is 0 Å². The van der Waals surface area contributed by atoms with Gasteiger partial charge in [-0.05, 0) is 19.1 Å². The number of carboxylic acids is 1. The number of fused-ring (bicyclic) bond motifs is 1. The summed E-state index contributed by atoms with van der Waals surface area (Å²) >= 11 is 0.874. The fourth-order valence-electron chi connectivity index (χ4n) is 1.82. The number of carboxylic acid groups (broad SMARTS) is 1. The molecule has 1 amide bonds. The number of aliphatic carboxylic acids is 1. The molecule has 2 aromatic rings. The Bertz CT molecular complexity index is 772. The van der Waals surface area contributed by atoms with Crippen LogP contribution in [0.1, 0.15) is 13.0 Å². The molecule has 3 N–H and O–H groups in total. The summed E-state index contributed by atoms with van der Waals surface area (Å²) in [5.74, 6) is -2.00. The number of thioether (sulfide) groups is 1. The van der Waals surface area contributed by atoms with Gasteiger partial charge in [0.1, 0.15) is 6.04 Å². The maximum absolute atomic E-state index is 12.5. The van der Waals surface area contributed by atoms with E-state index < -0.39 is 23.5 Å². The van der Waals surface area contributed by atoms with Gasteiger partial charge in [-0.15, -0.1) is 0 Å². The average Bonchev–Trinajstić information content (AvgIpc) is 2.44. The largest absolute Gasteiger partial charge is 0.481 e. The Morgan fingerprint density at radius 2 is 2.10 bits per heavy atom. The summed E-state index contributed by atoms with van der Waals surface area (Å²) in [6, 6.07) is 5.75. The number of benzene rings is 1. The summed E-state index contributed by atoms with van der Waals surface area (Å²) in [4.78, 5) is 38.9. The predicted octanol–water partition coefficient (Wildman–Crippen LogP) is 0.619. The Labute approximate surface area is 123 Å². The normalized spacial score (nSPS) is 12.2. The van der Waals surface area contributed by atoms with E-state index in [9.17, 15) is 14.4 Å². The van der Waals surface area contributed by atoms with Gasteiger partial charge in [0, 0.05) is 0 Å². The first-order chi connectivity index (χ1) is 9.91. The molecule has 110 valence electrons. The molecular weight excluding hydrogens is 294 g/mol. The minimum absolute atomic E-state index is 0.160. The molecule has 0 radical (unpaired) electrons. The van der Waals surface area contributed by atoms with Gasteiger partial charge in [0.25, 0.3) is 5.56 Å². The third-order valence-electron chi connectivity index (χ3n) is 2.90. The van der Waals surface area contributed by atoms with E-state index in [-0.39, 0.29) is 10.9 Å². The Balaban J connectivity index is 2.68. The molecule has 21 heavy (non-hydrogen) atoms. The molecule has 0 aliphatic carbocycles. The van der Waals surface area contributed by atoms with Crippen LogP contribution in [0, 0.1) is 0 Å². The minimum Gasteiger partial charge on any atom is -0.481 e. The second-order valence-corrected chi connectivity index (χ2v) is 5.29. The Kier molecular flexibility index (Phi) is 4.27. The van der Waals surface area contributed by atoms with Crippen molar-refractivity contribution in [2.24, 2.45) is 5.73 Å². The third kappa shape index (κ3) is 3.05. The van der Waals surface area contributed by atoms with Crippen molar-refractivity contribution >= 4 is 34.5 Å². The standard InChI is InChI=1S/C13H13N3O4S/c1-7(11(14)19)16-12(20)8-4-2-3-5-9(8)15-13(16)21-6-10(17)18/h2-5,7H,6H2,1H3,(H2,14,19)(H,17,18). The lowest BCUT2D eigenvalue weighted by Gasteiger charge is -2.16. The number of nitrogens with two attached hydrogens (primary N) is 1. The van der Waals surface area contributed by atoms with Crippen LogP contribution < -0.4 is 11.3 Å². The highest BCUT2D eigenvalue weighted by Gasteiger charge is 2.20. The second kappa shape index (κ2) is 5.96. The Hall–Kier alpha value is -2.35. The quantitative estimate of drug-likeness (QED) is 0.618. The minimum atomic E-state index is -1.04. The SMILES string of the molecule is CC(C(N)=O)n1c(SCC(=O)O)nc2ccccc2c1=O. The van der Waals surface area contributed by atoms with Gasteiger partial charge < -0.3 is 10.8 Å². The maximum Gasteiger partial charge on any atom is 0.313 e. The fraction of sp³-hybridized carbons (Fsp3) is 0.231. The van der Waals surface area contributed by atoms with Gasteiger partial charge in [0.05, 0.1) is 16.7 Å². The fourth-order valence-corrected chi connectivity index (χ4v) is 2.62. The lowest BCUT2D eigenvalue weighted by molar-refractivity contribution is -0.133. The van der Waals surface area contributed by atoms with Gasteiger partial charge in [-0.25, -0.2) is 4.98 Å². The average molecular weight is 307 g/mol. The van der Waals surface area contributed by atoms with Gasteiger partial charge in [-0.3, -0.25) is 19.0 Å². The van der Waals surface area contributed by atoms with Crippen LogP contribution >= 0.6 is 11.8 Å². The van der Waals surface area contributed by atoms with Crippen molar-refractivity contribution in [3.8, 4) is 0 Å². The van der Waals surface area contributed by atoms with Gasteiger partial charge in [0.15, 0.2) is 5.16 Å². The van der Waals surface area contributed by atoms with Crippen LogP contribution in [-0.4, -0.2) is 32.3 Å². The van der Waals surface area contributed by atoms with Gasteiger partial charge in [0.2, 0.25) is 5.91 Å². The first-order valence-electron chi connectivity index (χ1n) is 6.07. The lowest BCUT2D eigenvalue weighted by Crippen LogP contribution is -2.34. The van der Waals surface area contributed by atoms with E-state index in [1.165, 1.54) is 6.92 Å². The molecule has 1 atom stereocenters. The smallest absolute Gasteiger partial charge is 0.313 e. The highest BCUT2D eigenvalue weighted by atomic mass is 32.2. The number of aromatic nitrogens is 2. The van der Waals surface area contributed by atoms with Crippen LogP contribution in [0.4, 0.5) is 0 Å². The summed E-state index contributed by atoms with van der Waals surface area (Å²) in [5.41, 5.74) is 5.28. The van der Waals surface area contributed by atoms with Gasteiger partial charge in [-0.1, -0.05) is 23.9 Å². The van der Waals surface area contributed by atoms with E-state index in [2.05, 4.69) is 4.98 Å². The number of carbonyl (C=O) groups is 2. The zero-order valence-corrected chi connectivity index (χ0v) is 12.0. The highest BCUT2D eigenvalue weighted by molar-refractivity contribution is 7.99. The van der Waals surface area contributed by atoms with Crippen molar-refractivity contribution in [2.45, 2.75) is 18.1 Å². The molecule has 0 saturated carbocycles. The van der Waals surface area contributed by atoms with Crippen LogP contribution in [0.3, 0.4) is 0 Å². The molecule has 1 aromatic carbocycles. The van der Waals surface area contributed by atoms with Crippen LogP contribution in [0.25, 0.3) is 10.9 Å². The lowest BCUT2D eigenvalue weighted by atomic mass is 10.2. The van der Waals surface area contributed by atoms with Crippen molar-refractivity contribution in [2.75, 3.05) is 5.75 Å². The van der Waals surface area contributed by atoms with Crippen LogP contribution in [0.5, 0.6) is 0 Å². The van der Waals surface area contributed by atoms with Gasteiger partial charge >= 0.3 is 5.97 Å². The van der Waals surface area contributed by atoms with E-state index in [1.54, 1.807) is 24.3 Å². The molecule has 8 heteroatoms. The molecule has 0 bridgehead atoms. The van der Waals surface area contributed by atoms with Crippen molar-refractivity contribution < 1.29 is 14.7 Å². The first-order valence-corrected chi connectivity index (χ1v) is 7.05. The number of rotatable bonds is 5. The van der Waals surface area contributed by atoms with Crippen molar-refractivity contribution in [3.05, 3.63) is 34.6 Å². The molecule has 1 aromatic heterocycles. The zero-order valence-electron chi connectivity index (χ0n) is 11.1. The molecule has 0 fully saturated rings. The van der Waals surface area contributed by atoms with E-state index in [0.29, 0.717) is 10.9 Å². The van der Waals surface area contributed by atoms with Crippen LogP contribution in [-0.2, 0) is 9.59 Å².